The second-order valence-corrected chi connectivity index (χ2v) is 5.17. The van der Waals surface area contributed by atoms with Crippen LogP contribution < -0.4 is 0 Å². The second-order valence-electron chi connectivity index (χ2n) is 5.17. The number of aryl methyl sites for hydroxylation is 1. The van der Waals surface area contributed by atoms with Gasteiger partial charge in [0, 0.05) is 19.2 Å². The van der Waals surface area contributed by atoms with Gasteiger partial charge in [0.1, 0.15) is 5.78 Å². The molecule has 1 aliphatic carbocycles. The summed E-state index contributed by atoms with van der Waals surface area (Å²) >= 11 is 0. The van der Waals surface area contributed by atoms with E-state index in [0.29, 0.717) is 12.2 Å². The summed E-state index contributed by atoms with van der Waals surface area (Å²) in [6, 6.07) is 1.95. The highest BCUT2D eigenvalue weighted by atomic mass is 16.1. The van der Waals surface area contributed by atoms with E-state index in [1.807, 2.05) is 19.3 Å². The van der Waals surface area contributed by atoms with Gasteiger partial charge in [0.2, 0.25) is 0 Å². The molecule has 1 fully saturated rings. The molecule has 0 radical (unpaired) electrons. The highest BCUT2D eigenvalue weighted by molar-refractivity contribution is 5.82. The Hall–Kier alpha value is -1.12. The maximum absolute atomic E-state index is 12.2. The third kappa shape index (κ3) is 3.69. The fourth-order valence-corrected chi connectivity index (χ4v) is 2.66. The Kier molecular flexibility index (Phi) is 4.35. The van der Waals surface area contributed by atoms with Crippen molar-refractivity contribution in [1.29, 1.82) is 0 Å². The van der Waals surface area contributed by atoms with Gasteiger partial charge in [0.15, 0.2) is 0 Å². The van der Waals surface area contributed by atoms with Gasteiger partial charge in [-0.1, -0.05) is 32.1 Å². The first kappa shape index (κ1) is 12.3. The minimum Gasteiger partial charge on any atom is -0.299 e. The molecule has 1 heterocycles. The Bertz CT molecular complexity index is 362. The zero-order valence-electron chi connectivity index (χ0n) is 10.7. The molecule has 1 aromatic rings. The van der Waals surface area contributed by atoms with Crippen molar-refractivity contribution in [1.82, 2.24) is 9.78 Å². The van der Waals surface area contributed by atoms with Crippen LogP contribution in [0.15, 0.2) is 12.3 Å². The maximum atomic E-state index is 12.2. The van der Waals surface area contributed by atoms with Gasteiger partial charge in [-0.3, -0.25) is 9.48 Å². The molecule has 0 saturated heterocycles. The van der Waals surface area contributed by atoms with Gasteiger partial charge < -0.3 is 0 Å². The maximum Gasteiger partial charge on any atom is 0.141 e. The van der Waals surface area contributed by atoms with E-state index in [1.165, 1.54) is 32.1 Å². The average molecular weight is 234 g/mol. The van der Waals surface area contributed by atoms with Crippen molar-refractivity contribution < 1.29 is 4.79 Å². The number of carbonyl (C=O) groups is 1. The van der Waals surface area contributed by atoms with E-state index < -0.39 is 0 Å². The van der Waals surface area contributed by atoms with Crippen molar-refractivity contribution in [2.24, 2.45) is 13.0 Å². The van der Waals surface area contributed by atoms with Crippen LogP contribution in [0, 0.1) is 5.92 Å². The van der Waals surface area contributed by atoms with Crippen LogP contribution in [0.4, 0.5) is 0 Å². The number of Topliss-reactive ketones (excluding diaryl/α,β-unsaturated/α-hetero) is 1. The molecular formula is C14H22N2O. The summed E-state index contributed by atoms with van der Waals surface area (Å²) in [6.07, 6.45) is 11.0. The van der Waals surface area contributed by atoms with Crippen LogP contribution in [0.5, 0.6) is 0 Å². The molecule has 17 heavy (non-hydrogen) atoms. The summed E-state index contributed by atoms with van der Waals surface area (Å²) in [4.78, 5) is 12.2. The van der Waals surface area contributed by atoms with Crippen LogP contribution >= 0.6 is 0 Å². The highest BCUT2D eigenvalue weighted by Crippen LogP contribution is 2.23. The second kappa shape index (κ2) is 5.99. The zero-order chi connectivity index (χ0) is 12.1. The molecule has 2 rings (SSSR count). The molecule has 3 heteroatoms. The zero-order valence-corrected chi connectivity index (χ0v) is 10.7. The van der Waals surface area contributed by atoms with Crippen molar-refractivity contribution in [3.63, 3.8) is 0 Å². The first-order valence-corrected chi connectivity index (χ1v) is 6.77. The van der Waals surface area contributed by atoms with Gasteiger partial charge in [0.05, 0.1) is 12.1 Å². The molecule has 1 saturated carbocycles. The number of hydrogen-bond acceptors (Lipinski definition) is 2. The minimum atomic E-state index is 0.289. The molecule has 0 spiro atoms. The molecule has 1 aromatic heterocycles. The van der Waals surface area contributed by atoms with Crippen molar-refractivity contribution in [2.45, 2.75) is 51.4 Å². The van der Waals surface area contributed by atoms with Gasteiger partial charge in [-0.15, -0.1) is 0 Å². The molecule has 0 atom stereocenters. The SMILES string of the molecule is Cn1ccc(CC(=O)C2CCCCCCC2)n1. The van der Waals surface area contributed by atoms with Crippen molar-refractivity contribution in [3.05, 3.63) is 18.0 Å². The lowest BCUT2D eigenvalue weighted by atomic mass is 9.87. The van der Waals surface area contributed by atoms with Gasteiger partial charge in [0.25, 0.3) is 0 Å². The summed E-state index contributed by atoms with van der Waals surface area (Å²) in [6.45, 7) is 0. The topological polar surface area (TPSA) is 34.9 Å². The average Bonchev–Trinajstić information content (AvgIpc) is 2.63. The Labute approximate surface area is 103 Å². The van der Waals surface area contributed by atoms with Crippen molar-refractivity contribution in [2.75, 3.05) is 0 Å². The number of rotatable bonds is 3. The number of aromatic nitrogens is 2. The smallest absolute Gasteiger partial charge is 0.141 e. The van der Waals surface area contributed by atoms with Crippen LogP contribution in [0.3, 0.4) is 0 Å². The molecule has 0 aliphatic heterocycles. The van der Waals surface area contributed by atoms with Crippen LogP contribution in [-0.2, 0) is 18.3 Å². The minimum absolute atomic E-state index is 0.289. The first-order valence-electron chi connectivity index (χ1n) is 6.77. The standard InChI is InChI=1S/C14H22N2O/c1-16-10-9-13(15-16)11-14(17)12-7-5-3-2-4-6-8-12/h9-10,12H,2-8,11H2,1H3. The van der Waals surface area contributed by atoms with Gasteiger partial charge in [-0.2, -0.15) is 5.10 Å². The molecule has 0 amide bonds. The Balaban J connectivity index is 1.89. The molecule has 3 nitrogen and oxygen atoms in total. The number of hydrogen-bond donors (Lipinski definition) is 0. The molecule has 0 bridgehead atoms. The number of nitrogens with zero attached hydrogens (tertiary/aromatic N) is 2. The van der Waals surface area contributed by atoms with E-state index in [-0.39, 0.29) is 5.92 Å². The third-order valence-electron chi connectivity index (χ3n) is 3.68. The quantitative estimate of drug-likeness (QED) is 0.806. The fraction of sp³-hybridized carbons (Fsp3) is 0.714. The van der Waals surface area contributed by atoms with E-state index in [0.717, 1.165) is 18.5 Å². The summed E-state index contributed by atoms with van der Waals surface area (Å²) in [7, 11) is 1.89. The molecular weight excluding hydrogens is 212 g/mol. The van der Waals surface area contributed by atoms with Gasteiger partial charge in [-0.05, 0) is 18.9 Å². The Morgan fingerprint density at radius 3 is 2.53 bits per heavy atom. The molecule has 1 aliphatic rings. The summed E-state index contributed by atoms with van der Waals surface area (Å²) in [5.74, 6) is 0.683. The van der Waals surface area contributed by atoms with E-state index in [2.05, 4.69) is 5.10 Å². The fourth-order valence-electron chi connectivity index (χ4n) is 2.66. The predicted molar refractivity (Wildman–Crippen MR) is 67.7 cm³/mol. The monoisotopic (exact) mass is 234 g/mol. The summed E-state index contributed by atoms with van der Waals surface area (Å²) < 4.78 is 1.76. The molecule has 0 unspecified atom stereocenters. The van der Waals surface area contributed by atoms with E-state index >= 15 is 0 Å². The van der Waals surface area contributed by atoms with E-state index in [1.54, 1.807) is 4.68 Å². The Morgan fingerprint density at radius 2 is 1.94 bits per heavy atom. The van der Waals surface area contributed by atoms with E-state index in [4.69, 9.17) is 0 Å². The van der Waals surface area contributed by atoms with Gasteiger partial charge >= 0.3 is 0 Å². The van der Waals surface area contributed by atoms with E-state index in [9.17, 15) is 4.79 Å². The first-order chi connectivity index (χ1) is 8.25. The van der Waals surface area contributed by atoms with Gasteiger partial charge in [-0.25, -0.2) is 0 Å². The lowest BCUT2D eigenvalue weighted by Gasteiger charge is -2.17. The van der Waals surface area contributed by atoms with Crippen LogP contribution in [-0.4, -0.2) is 15.6 Å². The Morgan fingerprint density at radius 1 is 1.29 bits per heavy atom. The summed E-state index contributed by atoms with van der Waals surface area (Å²) in [5, 5.41) is 4.28. The molecule has 0 aromatic carbocycles. The number of carbonyl (C=O) groups excluding carboxylic acids is 1. The predicted octanol–water partition coefficient (Wildman–Crippen LogP) is 2.89. The molecule has 94 valence electrons. The third-order valence-corrected chi connectivity index (χ3v) is 3.68. The normalized spacial score (nSPS) is 18.6. The number of ketones is 1. The highest BCUT2D eigenvalue weighted by Gasteiger charge is 2.20. The lowest BCUT2D eigenvalue weighted by Crippen LogP contribution is -2.18. The van der Waals surface area contributed by atoms with Crippen LogP contribution in [0.25, 0.3) is 0 Å². The van der Waals surface area contributed by atoms with Crippen LogP contribution in [0.2, 0.25) is 0 Å². The van der Waals surface area contributed by atoms with Crippen molar-refractivity contribution >= 4 is 5.78 Å². The lowest BCUT2D eigenvalue weighted by molar-refractivity contribution is -0.122. The largest absolute Gasteiger partial charge is 0.299 e. The van der Waals surface area contributed by atoms with Crippen molar-refractivity contribution in [3.8, 4) is 0 Å². The van der Waals surface area contributed by atoms with Crippen LogP contribution in [0.1, 0.15) is 50.6 Å². The molecule has 0 N–H and O–H groups in total. The summed E-state index contributed by atoms with van der Waals surface area (Å²) in [5.41, 5.74) is 0.916.